The Morgan fingerprint density at radius 1 is 0.914 bits per heavy atom. The van der Waals surface area contributed by atoms with Crippen LogP contribution in [0, 0.1) is 6.92 Å². The molecular formula is C26H25N3O6. The van der Waals surface area contributed by atoms with Crippen molar-refractivity contribution in [2.75, 3.05) is 19.0 Å². The molecule has 180 valence electrons. The number of methoxy groups -OCH3 is 1. The van der Waals surface area contributed by atoms with Gasteiger partial charge in [0.15, 0.2) is 11.5 Å². The predicted octanol–water partition coefficient (Wildman–Crippen LogP) is 3.71. The Bertz CT molecular complexity index is 1240. The lowest BCUT2D eigenvalue weighted by Crippen LogP contribution is -2.32. The molecule has 0 heterocycles. The normalized spacial score (nSPS) is 10.5. The van der Waals surface area contributed by atoms with Crippen molar-refractivity contribution in [1.82, 2.24) is 5.43 Å². The number of carbonyl (C=O) groups is 3. The summed E-state index contributed by atoms with van der Waals surface area (Å²) in [5.74, 6) is -1.39. The van der Waals surface area contributed by atoms with Crippen molar-refractivity contribution < 1.29 is 28.6 Å². The van der Waals surface area contributed by atoms with E-state index < -0.39 is 17.8 Å². The molecule has 2 N–H and O–H groups in total. The summed E-state index contributed by atoms with van der Waals surface area (Å²) in [5.41, 5.74) is 4.52. The number of carbonyl (C=O) groups excluding carboxylic acids is 3. The van der Waals surface area contributed by atoms with Crippen molar-refractivity contribution in [3.05, 3.63) is 83.4 Å². The van der Waals surface area contributed by atoms with Gasteiger partial charge in [0.05, 0.1) is 31.2 Å². The summed E-state index contributed by atoms with van der Waals surface area (Å²) in [5, 5.41) is 6.29. The van der Waals surface area contributed by atoms with E-state index in [-0.39, 0.29) is 5.75 Å². The van der Waals surface area contributed by atoms with Crippen LogP contribution in [0.3, 0.4) is 0 Å². The zero-order valence-corrected chi connectivity index (χ0v) is 19.5. The molecule has 0 fully saturated rings. The second-order valence-electron chi connectivity index (χ2n) is 7.25. The number of hydrogen-bond acceptors (Lipinski definition) is 7. The first kappa shape index (κ1) is 25.0. The van der Waals surface area contributed by atoms with Crippen LogP contribution in [-0.2, 0) is 9.59 Å². The molecule has 0 bridgehead atoms. The number of anilines is 1. The van der Waals surface area contributed by atoms with Crippen LogP contribution in [-0.4, -0.2) is 37.7 Å². The zero-order valence-electron chi connectivity index (χ0n) is 19.5. The molecule has 35 heavy (non-hydrogen) atoms. The number of esters is 1. The van der Waals surface area contributed by atoms with E-state index in [0.29, 0.717) is 34.9 Å². The van der Waals surface area contributed by atoms with Crippen molar-refractivity contribution in [3.8, 4) is 17.2 Å². The summed E-state index contributed by atoms with van der Waals surface area (Å²) < 4.78 is 16.2. The summed E-state index contributed by atoms with van der Waals surface area (Å²) >= 11 is 0. The van der Waals surface area contributed by atoms with Gasteiger partial charge < -0.3 is 19.5 Å². The topological polar surface area (TPSA) is 115 Å². The smallest absolute Gasteiger partial charge is 0.343 e. The maximum atomic E-state index is 12.4. The van der Waals surface area contributed by atoms with Gasteiger partial charge in [0.2, 0.25) is 0 Å². The number of nitrogens with zero attached hydrogens (tertiary/aromatic N) is 1. The third-order valence-corrected chi connectivity index (χ3v) is 4.70. The number of nitrogens with one attached hydrogen (secondary N) is 2. The highest BCUT2D eigenvalue weighted by Gasteiger charge is 2.16. The average molecular weight is 476 g/mol. The van der Waals surface area contributed by atoms with Crippen LogP contribution >= 0.6 is 0 Å². The fourth-order valence-electron chi connectivity index (χ4n) is 2.94. The highest BCUT2D eigenvalue weighted by molar-refractivity contribution is 6.39. The van der Waals surface area contributed by atoms with Gasteiger partial charge in [-0.15, -0.1) is 0 Å². The third kappa shape index (κ3) is 6.91. The lowest BCUT2D eigenvalue weighted by molar-refractivity contribution is -0.136. The fraction of sp³-hybridized carbons (Fsp3) is 0.154. The van der Waals surface area contributed by atoms with E-state index in [9.17, 15) is 14.4 Å². The first-order valence-electron chi connectivity index (χ1n) is 10.7. The Morgan fingerprint density at radius 3 is 2.37 bits per heavy atom. The van der Waals surface area contributed by atoms with Crippen LogP contribution in [0.15, 0.2) is 71.8 Å². The number of amides is 2. The quantitative estimate of drug-likeness (QED) is 0.169. The Balaban J connectivity index is 1.60. The SMILES string of the molecule is CCOc1ccccc1NC(=O)C(=O)NN=Cc1ccc(OC(=O)c2ccc(C)cc2)c(OC)c1. The van der Waals surface area contributed by atoms with E-state index in [2.05, 4.69) is 15.8 Å². The number of para-hydroxylation sites is 2. The number of hydrogen-bond donors (Lipinski definition) is 2. The molecule has 3 rings (SSSR count). The highest BCUT2D eigenvalue weighted by Crippen LogP contribution is 2.28. The van der Waals surface area contributed by atoms with Crippen molar-refractivity contribution >= 4 is 29.7 Å². The molecule has 3 aromatic carbocycles. The summed E-state index contributed by atoms with van der Waals surface area (Å²) in [6, 6.07) is 18.5. The van der Waals surface area contributed by atoms with Gasteiger partial charge >= 0.3 is 17.8 Å². The van der Waals surface area contributed by atoms with Gasteiger partial charge in [0.1, 0.15) is 5.75 Å². The van der Waals surface area contributed by atoms with E-state index in [0.717, 1.165) is 5.56 Å². The average Bonchev–Trinajstić information content (AvgIpc) is 2.86. The Hall–Kier alpha value is -4.66. The lowest BCUT2D eigenvalue weighted by atomic mass is 10.1. The largest absolute Gasteiger partial charge is 0.493 e. The van der Waals surface area contributed by atoms with Crippen LogP contribution in [0.5, 0.6) is 17.2 Å². The number of ether oxygens (including phenoxy) is 3. The van der Waals surface area contributed by atoms with Crippen LogP contribution in [0.4, 0.5) is 5.69 Å². The molecule has 0 spiro atoms. The Labute approximate surface area is 202 Å². The molecule has 9 nitrogen and oxygen atoms in total. The molecule has 0 atom stereocenters. The maximum Gasteiger partial charge on any atom is 0.343 e. The maximum absolute atomic E-state index is 12.4. The minimum Gasteiger partial charge on any atom is -0.493 e. The Morgan fingerprint density at radius 2 is 1.66 bits per heavy atom. The van der Waals surface area contributed by atoms with E-state index in [4.69, 9.17) is 14.2 Å². The van der Waals surface area contributed by atoms with E-state index in [1.165, 1.54) is 13.3 Å². The number of hydrazone groups is 1. The van der Waals surface area contributed by atoms with Crippen LogP contribution in [0.25, 0.3) is 0 Å². The molecule has 0 aliphatic carbocycles. The number of aryl methyl sites for hydroxylation is 1. The molecule has 0 unspecified atom stereocenters. The molecule has 0 aliphatic rings. The molecule has 0 aromatic heterocycles. The summed E-state index contributed by atoms with van der Waals surface area (Å²) in [4.78, 5) is 36.7. The minimum absolute atomic E-state index is 0.228. The second kappa shape index (κ2) is 12.0. The monoisotopic (exact) mass is 475 g/mol. The third-order valence-electron chi connectivity index (χ3n) is 4.70. The summed E-state index contributed by atoms with van der Waals surface area (Å²) in [7, 11) is 1.44. The molecule has 0 radical (unpaired) electrons. The molecule has 0 aliphatic heterocycles. The molecular weight excluding hydrogens is 450 g/mol. The van der Waals surface area contributed by atoms with E-state index in [1.54, 1.807) is 54.6 Å². The predicted molar refractivity (Wildman–Crippen MR) is 131 cm³/mol. The first-order valence-corrected chi connectivity index (χ1v) is 10.7. The van der Waals surface area contributed by atoms with E-state index in [1.807, 2.05) is 26.0 Å². The van der Waals surface area contributed by atoms with Crippen molar-refractivity contribution in [2.24, 2.45) is 5.10 Å². The van der Waals surface area contributed by atoms with Gasteiger partial charge in [0, 0.05) is 0 Å². The zero-order chi connectivity index (χ0) is 25.2. The lowest BCUT2D eigenvalue weighted by Gasteiger charge is -2.10. The molecule has 3 aromatic rings. The molecule has 0 saturated carbocycles. The standard InChI is InChI=1S/C26H25N3O6/c1-4-34-21-8-6-5-7-20(21)28-24(30)25(31)29-27-16-18-11-14-22(23(15-18)33-3)35-26(32)19-12-9-17(2)10-13-19/h5-16H,4H2,1-3H3,(H,28,30)(H,29,31). The summed E-state index contributed by atoms with van der Waals surface area (Å²) in [6.07, 6.45) is 1.33. The highest BCUT2D eigenvalue weighted by atomic mass is 16.6. The van der Waals surface area contributed by atoms with Crippen molar-refractivity contribution in [3.63, 3.8) is 0 Å². The molecule has 9 heteroatoms. The second-order valence-corrected chi connectivity index (χ2v) is 7.25. The van der Waals surface area contributed by atoms with Gasteiger partial charge in [-0.2, -0.15) is 5.10 Å². The van der Waals surface area contributed by atoms with Crippen LogP contribution in [0.1, 0.15) is 28.4 Å². The van der Waals surface area contributed by atoms with E-state index >= 15 is 0 Å². The van der Waals surface area contributed by atoms with Crippen molar-refractivity contribution in [1.29, 1.82) is 0 Å². The first-order chi connectivity index (χ1) is 16.9. The van der Waals surface area contributed by atoms with Crippen molar-refractivity contribution in [2.45, 2.75) is 13.8 Å². The summed E-state index contributed by atoms with van der Waals surface area (Å²) in [6.45, 7) is 4.15. The minimum atomic E-state index is -0.955. The van der Waals surface area contributed by atoms with Gasteiger partial charge in [-0.05, 0) is 61.9 Å². The van der Waals surface area contributed by atoms with Gasteiger partial charge in [-0.1, -0.05) is 29.8 Å². The van der Waals surface area contributed by atoms with Crippen LogP contribution < -0.4 is 25.0 Å². The van der Waals surface area contributed by atoms with Gasteiger partial charge in [0.25, 0.3) is 0 Å². The number of benzene rings is 3. The van der Waals surface area contributed by atoms with Gasteiger partial charge in [-0.25, -0.2) is 10.2 Å². The number of rotatable bonds is 8. The van der Waals surface area contributed by atoms with Gasteiger partial charge in [-0.3, -0.25) is 9.59 Å². The fourth-order valence-corrected chi connectivity index (χ4v) is 2.94. The molecule has 0 saturated heterocycles. The van der Waals surface area contributed by atoms with Crippen LogP contribution in [0.2, 0.25) is 0 Å². The molecule has 2 amide bonds. The Kier molecular flexibility index (Phi) is 8.55.